The predicted molar refractivity (Wildman–Crippen MR) is 88.5 cm³/mol. The number of hydrogen-bond acceptors (Lipinski definition) is 4. The number of ether oxygens (including phenoxy) is 2. The summed E-state index contributed by atoms with van der Waals surface area (Å²) in [7, 11) is 1.43. The highest BCUT2D eigenvalue weighted by atomic mass is 19.4. The standard InChI is InChI=1S/C17H23F3N2O4/c1-11(12-6-8-13(9-7-12)25-17(18,19)20)21-14(23)10-22(5)15(24)26-16(2,3)4/h6-9,11H,10H2,1-5H3,(H,21,23). The second-order valence-corrected chi connectivity index (χ2v) is 6.74. The largest absolute Gasteiger partial charge is 0.573 e. The maximum absolute atomic E-state index is 12.1. The molecule has 0 radical (unpaired) electrons. The Morgan fingerprint density at radius 2 is 1.69 bits per heavy atom. The number of alkyl halides is 3. The normalized spacial score (nSPS) is 12.9. The van der Waals surface area contributed by atoms with Crippen molar-refractivity contribution in [1.82, 2.24) is 10.2 Å². The quantitative estimate of drug-likeness (QED) is 0.852. The number of nitrogens with one attached hydrogen (secondary N) is 1. The first-order valence-electron chi connectivity index (χ1n) is 7.86. The molecule has 0 bridgehead atoms. The van der Waals surface area contributed by atoms with E-state index in [0.717, 1.165) is 17.0 Å². The van der Waals surface area contributed by atoms with Crippen molar-refractivity contribution >= 4 is 12.0 Å². The van der Waals surface area contributed by atoms with Crippen molar-refractivity contribution in [2.45, 2.75) is 45.7 Å². The number of benzene rings is 1. The lowest BCUT2D eigenvalue weighted by molar-refractivity contribution is -0.274. The Morgan fingerprint density at radius 3 is 2.15 bits per heavy atom. The van der Waals surface area contributed by atoms with E-state index < -0.39 is 30.0 Å². The smallest absolute Gasteiger partial charge is 0.444 e. The maximum atomic E-state index is 12.1. The molecule has 1 N–H and O–H groups in total. The van der Waals surface area contributed by atoms with E-state index in [-0.39, 0.29) is 12.3 Å². The third-order valence-electron chi connectivity index (χ3n) is 3.08. The van der Waals surface area contributed by atoms with Crippen LogP contribution in [-0.4, -0.2) is 42.5 Å². The van der Waals surface area contributed by atoms with Gasteiger partial charge in [0.05, 0.1) is 6.04 Å². The molecule has 1 atom stereocenters. The lowest BCUT2D eigenvalue weighted by Gasteiger charge is -2.25. The molecule has 0 saturated heterocycles. The van der Waals surface area contributed by atoms with Crippen LogP contribution in [-0.2, 0) is 9.53 Å². The number of carbonyl (C=O) groups excluding carboxylic acids is 2. The first-order chi connectivity index (χ1) is 11.8. The molecule has 2 amide bonds. The van der Waals surface area contributed by atoms with Crippen molar-refractivity contribution in [2.75, 3.05) is 13.6 Å². The molecule has 0 spiro atoms. The topological polar surface area (TPSA) is 67.9 Å². The van der Waals surface area contributed by atoms with Crippen LogP contribution in [0.3, 0.4) is 0 Å². The molecule has 0 aliphatic heterocycles. The van der Waals surface area contributed by atoms with Gasteiger partial charge in [-0.25, -0.2) is 4.79 Å². The highest BCUT2D eigenvalue weighted by Crippen LogP contribution is 2.24. The summed E-state index contributed by atoms with van der Waals surface area (Å²) in [4.78, 5) is 25.0. The van der Waals surface area contributed by atoms with E-state index in [1.54, 1.807) is 27.7 Å². The van der Waals surface area contributed by atoms with E-state index in [2.05, 4.69) is 10.1 Å². The van der Waals surface area contributed by atoms with Gasteiger partial charge in [-0.05, 0) is 45.4 Å². The van der Waals surface area contributed by atoms with Crippen LogP contribution in [0.4, 0.5) is 18.0 Å². The molecular weight excluding hydrogens is 353 g/mol. The highest BCUT2D eigenvalue weighted by Gasteiger charge is 2.31. The van der Waals surface area contributed by atoms with Gasteiger partial charge in [-0.3, -0.25) is 4.79 Å². The van der Waals surface area contributed by atoms with Crippen molar-refractivity contribution < 1.29 is 32.2 Å². The molecule has 0 aliphatic carbocycles. The number of nitrogens with zero attached hydrogens (tertiary/aromatic N) is 1. The Hall–Kier alpha value is -2.45. The minimum atomic E-state index is -4.76. The van der Waals surface area contributed by atoms with Gasteiger partial charge in [0.15, 0.2) is 0 Å². The summed E-state index contributed by atoms with van der Waals surface area (Å²) in [5.41, 5.74) is -0.0807. The SMILES string of the molecule is CC(NC(=O)CN(C)C(=O)OC(C)(C)C)c1ccc(OC(F)(F)F)cc1. The minimum absolute atomic E-state index is 0.214. The van der Waals surface area contributed by atoms with Crippen LogP contribution in [0.15, 0.2) is 24.3 Å². The van der Waals surface area contributed by atoms with E-state index >= 15 is 0 Å². The fourth-order valence-electron chi connectivity index (χ4n) is 1.95. The van der Waals surface area contributed by atoms with Crippen LogP contribution in [0.5, 0.6) is 5.75 Å². The van der Waals surface area contributed by atoms with Crippen molar-refractivity contribution in [3.63, 3.8) is 0 Å². The van der Waals surface area contributed by atoms with Crippen molar-refractivity contribution in [3.05, 3.63) is 29.8 Å². The predicted octanol–water partition coefficient (Wildman–Crippen LogP) is 3.63. The number of likely N-dealkylation sites (N-methyl/N-ethyl adjacent to an activating group) is 1. The number of carbonyl (C=O) groups is 2. The molecule has 0 aliphatic rings. The first-order valence-corrected chi connectivity index (χ1v) is 7.86. The molecule has 1 rings (SSSR count). The highest BCUT2D eigenvalue weighted by molar-refractivity contribution is 5.82. The Bertz CT molecular complexity index is 624. The summed E-state index contributed by atoms with van der Waals surface area (Å²) < 4.78 is 45.4. The fourth-order valence-corrected chi connectivity index (χ4v) is 1.95. The fraction of sp³-hybridized carbons (Fsp3) is 0.529. The van der Waals surface area contributed by atoms with E-state index in [1.165, 1.54) is 19.2 Å². The molecule has 1 aromatic carbocycles. The third kappa shape index (κ3) is 8.09. The zero-order chi connectivity index (χ0) is 20.1. The van der Waals surface area contributed by atoms with Crippen molar-refractivity contribution in [2.24, 2.45) is 0 Å². The van der Waals surface area contributed by atoms with E-state index in [4.69, 9.17) is 4.74 Å². The first kappa shape index (κ1) is 21.6. The lowest BCUT2D eigenvalue weighted by atomic mass is 10.1. The van der Waals surface area contributed by atoms with Crippen LogP contribution in [0.2, 0.25) is 0 Å². The summed E-state index contributed by atoms with van der Waals surface area (Å²) in [6, 6.07) is 4.71. The Morgan fingerprint density at radius 1 is 1.15 bits per heavy atom. The van der Waals surface area contributed by atoms with Gasteiger partial charge in [0.25, 0.3) is 0 Å². The van der Waals surface area contributed by atoms with Gasteiger partial charge in [0.2, 0.25) is 5.91 Å². The number of amides is 2. The van der Waals surface area contributed by atoms with Crippen LogP contribution in [0.1, 0.15) is 39.3 Å². The summed E-state index contributed by atoms with van der Waals surface area (Å²) in [5, 5.41) is 2.66. The Labute approximate surface area is 150 Å². The molecular formula is C17H23F3N2O4. The number of rotatable bonds is 5. The van der Waals surface area contributed by atoms with Gasteiger partial charge in [-0.15, -0.1) is 13.2 Å². The average molecular weight is 376 g/mol. The molecule has 9 heteroatoms. The molecule has 1 unspecified atom stereocenters. The van der Waals surface area contributed by atoms with Gasteiger partial charge in [-0.2, -0.15) is 0 Å². The summed E-state index contributed by atoms with van der Waals surface area (Å²) in [5.74, 6) is -0.772. The molecule has 26 heavy (non-hydrogen) atoms. The summed E-state index contributed by atoms with van der Waals surface area (Å²) in [6.45, 7) is 6.60. The van der Waals surface area contributed by atoms with Crippen LogP contribution < -0.4 is 10.1 Å². The zero-order valence-electron chi connectivity index (χ0n) is 15.3. The average Bonchev–Trinajstić information content (AvgIpc) is 2.44. The van der Waals surface area contributed by atoms with Gasteiger partial charge >= 0.3 is 12.5 Å². The maximum Gasteiger partial charge on any atom is 0.573 e. The molecule has 0 aromatic heterocycles. The van der Waals surface area contributed by atoms with Gasteiger partial charge in [-0.1, -0.05) is 12.1 Å². The van der Waals surface area contributed by atoms with E-state index in [9.17, 15) is 22.8 Å². The third-order valence-corrected chi connectivity index (χ3v) is 3.08. The summed E-state index contributed by atoms with van der Waals surface area (Å²) in [6.07, 6.45) is -5.39. The molecule has 1 aromatic rings. The summed E-state index contributed by atoms with van der Waals surface area (Å²) >= 11 is 0. The number of halogens is 3. The number of hydrogen-bond donors (Lipinski definition) is 1. The zero-order valence-corrected chi connectivity index (χ0v) is 15.3. The van der Waals surface area contributed by atoms with Gasteiger partial charge in [0, 0.05) is 7.05 Å². The molecule has 6 nitrogen and oxygen atoms in total. The lowest BCUT2D eigenvalue weighted by Crippen LogP contribution is -2.41. The Balaban J connectivity index is 2.57. The molecule has 146 valence electrons. The van der Waals surface area contributed by atoms with E-state index in [0.29, 0.717) is 5.56 Å². The van der Waals surface area contributed by atoms with E-state index in [1.807, 2.05) is 0 Å². The van der Waals surface area contributed by atoms with Crippen LogP contribution in [0, 0.1) is 0 Å². The van der Waals surface area contributed by atoms with Gasteiger partial charge in [0.1, 0.15) is 17.9 Å². The second kappa shape index (κ2) is 8.29. The van der Waals surface area contributed by atoms with Crippen LogP contribution >= 0.6 is 0 Å². The van der Waals surface area contributed by atoms with Crippen LogP contribution in [0.25, 0.3) is 0 Å². The molecule has 0 heterocycles. The second-order valence-electron chi connectivity index (χ2n) is 6.74. The van der Waals surface area contributed by atoms with Crippen molar-refractivity contribution in [3.8, 4) is 5.75 Å². The molecule has 0 saturated carbocycles. The van der Waals surface area contributed by atoms with Gasteiger partial charge < -0.3 is 19.7 Å². The minimum Gasteiger partial charge on any atom is -0.444 e. The monoisotopic (exact) mass is 376 g/mol. The Kier molecular flexibility index (Phi) is 6.88. The molecule has 0 fully saturated rings. The van der Waals surface area contributed by atoms with Crippen molar-refractivity contribution in [1.29, 1.82) is 0 Å².